The lowest BCUT2D eigenvalue weighted by Crippen LogP contribution is -2.28. The molecular formula is C24H29N5O3. The molecule has 1 aromatic carbocycles. The predicted octanol–water partition coefficient (Wildman–Crippen LogP) is 3.48. The first kappa shape index (κ1) is 21.8. The second-order valence-electron chi connectivity index (χ2n) is 8.23. The molecule has 1 N–H and O–H groups in total. The van der Waals surface area contributed by atoms with Gasteiger partial charge in [0.1, 0.15) is 0 Å². The van der Waals surface area contributed by atoms with Gasteiger partial charge in [0.25, 0.3) is 5.95 Å². The van der Waals surface area contributed by atoms with Gasteiger partial charge < -0.3 is 14.8 Å². The summed E-state index contributed by atoms with van der Waals surface area (Å²) in [6, 6.07) is 7.56. The zero-order chi connectivity index (χ0) is 22.8. The predicted molar refractivity (Wildman–Crippen MR) is 120 cm³/mol. The maximum absolute atomic E-state index is 12.9. The molecule has 1 aliphatic heterocycles. The highest BCUT2D eigenvalue weighted by Crippen LogP contribution is 2.32. The van der Waals surface area contributed by atoms with Crippen molar-refractivity contribution in [2.75, 3.05) is 13.2 Å². The number of carbonyl (C=O) groups excluding carboxylic acids is 1. The van der Waals surface area contributed by atoms with Gasteiger partial charge >= 0.3 is 0 Å². The topological polar surface area (TPSA) is 91.2 Å². The quantitative estimate of drug-likeness (QED) is 0.660. The molecule has 0 bridgehead atoms. The number of benzene rings is 1. The first-order valence-electron chi connectivity index (χ1n) is 10.9. The van der Waals surface area contributed by atoms with E-state index in [1.54, 1.807) is 4.68 Å². The Morgan fingerprint density at radius 2 is 1.75 bits per heavy atom. The number of hydrogen-bond donors (Lipinski definition) is 1. The second kappa shape index (κ2) is 8.98. The molecule has 0 radical (unpaired) electrons. The Labute approximate surface area is 188 Å². The molecule has 4 rings (SSSR count). The summed E-state index contributed by atoms with van der Waals surface area (Å²) in [5.74, 6) is 1.92. The summed E-state index contributed by atoms with van der Waals surface area (Å²) in [7, 11) is 0. The molecule has 1 amide bonds. The minimum absolute atomic E-state index is 0.0725. The van der Waals surface area contributed by atoms with Gasteiger partial charge in [-0.1, -0.05) is 6.07 Å². The molecule has 0 saturated heterocycles. The lowest BCUT2D eigenvalue weighted by Gasteiger charge is -2.16. The average Bonchev–Trinajstić information content (AvgIpc) is 2.91. The second-order valence-corrected chi connectivity index (χ2v) is 8.23. The number of nitrogens with one attached hydrogen (secondary N) is 1. The minimum Gasteiger partial charge on any atom is -0.490 e. The Hall–Kier alpha value is -3.42. The summed E-state index contributed by atoms with van der Waals surface area (Å²) in [4.78, 5) is 21.9. The third kappa shape index (κ3) is 4.59. The van der Waals surface area contributed by atoms with Crippen LogP contribution in [-0.2, 0) is 11.2 Å². The van der Waals surface area contributed by atoms with Gasteiger partial charge in [-0.15, -0.1) is 0 Å². The molecule has 1 atom stereocenters. The maximum atomic E-state index is 12.9. The van der Waals surface area contributed by atoms with E-state index in [-0.39, 0.29) is 18.4 Å². The van der Waals surface area contributed by atoms with E-state index in [9.17, 15) is 4.79 Å². The van der Waals surface area contributed by atoms with E-state index in [0.29, 0.717) is 19.2 Å². The lowest BCUT2D eigenvalue weighted by molar-refractivity contribution is -0.121. The summed E-state index contributed by atoms with van der Waals surface area (Å²) < 4.78 is 13.2. The number of amides is 1. The van der Waals surface area contributed by atoms with E-state index < -0.39 is 0 Å². The van der Waals surface area contributed by atoms with Crippen LogP contribution in [0.2, 0.25) is 0 Å². The van der Waals surface area contributed by atoms with Crippen molar-refractivity contribution < 1.29 is 14.3 Å². The van der Waals surface area contributed by atoms with Crippen LogP contribution in [0.5, 0.6) is 11.5 Å². The summed E-state index contributed by atoms with van der Waals surface area (Å²) in [5, 5.41) is 7.68. The van der Waals surface area contributed by atoms with Crippen molar-refractivity contribution in [2.24, 2.45) is 0 Å². The Morgan fingerprint density at radius 1 is 1.06 bits per heavy atom. The molecule has 0 saturated carbocycles. The Balaban J connectivity index is 1.48. The highest BCUT2D eigenvalue weighted by molar-refractivity contribution is 5.79. The molecule has 32 heavy (non-hydrogen) atoms. The Bertz CT molecular complexity index is 1130. The van der Waals surface area contributed by atoms with Crippen molar-refractivity contribution in [3.63, 3.8) is 0 Å². The van der Waals surface area contributed by atoms with E-state index in [4.69, 9.17) is 9.47 Å². The van der Waals surface area contributed by atoms with E-state index in [2.05, 4.69) is 20.4 Å². The van der Waals surface area contributed by atoms with Gasteiger partial charge in [0, 0.05) is 29.1 Å². The number of rotatable bonds is 5. The number of aromatic nitrogens is 4. The van der Waals surface area contributed by atoms with E-state index >= 15 is 0 Å². The summed E-state index contributed by atoms with van der Waals surface area (Å²) in [6.07, 6.45) is 1.09. The molecule has 8 heteroatoms. The van der Waals surface area contributed by atoms with Crippen molar-refractivity contribution in [2.45, 2.75) is 53.5 Å². The highest BCUT2D eigenvalue weighted by atomic mass is 16.5. The van der Waals surface area contributed by atoms with Crippen molar-refractivity contribution in [1.29, 1.82) is 0 Å². The molecule has 8 nitrogen and oxygen atoms in total. The molecule has 3 heterocycles. The van der Waals surface area contributed by atoms with Crippen LogP contribution in [0.1, 0.15) is 53.3 Å². The van der Waals surface area contributed by atoms with Gasteiger partial charge in [-0.3, -0.25) is 4.79 Å². The van der Waals surface area contributed by atoms with Crippen LogP contribution in [-0.4, -0.2) is 38.9 Å². The number of fused-ring (bicyclic) bond motifs is 1. The van der Waals surface area contributed by atoms with Crippen LogP contribution >= 0.6 is 0 Å². The zero-order valence-corrected chi connectivity index (χ0v) is 19.2. The van der Waals surface area contributed by atoms with Crippen LogP contribution in [0.25, 0.3) is 5.95 Å². The third-order valence-corrected chi connectivity index (χ3v) is 5.59. The largest absolute Gasteiger partial charge is 0.490 e. The smallest absolute Gasteiger partial charge is 0.251 e. The SMILES string of the molecule is Cc1cc(C)nc(-n2nc(C)c(CC(=O)NC(C)c3ccc4c(c3)OCCCO4)c2C)n1. The number of aryl methyl sites for hydroxylation is 3. The molecule has 3 aromatic rings. The van der Waals surface area contributed by atoms with Crippen molar-refractivity contribution in [1.82, 2.24) is 25.1 Å². The Kier molecular flexibility index (Phi) is 6.12. The van der Waals surface area contributed by atoms with Crippen molar-refractivity contribution >= 4 is 5.91 Å². The number of hydrogen-bond acceptors (Lipinski definition) is 6. The normalized spacial score (nSPS) is 14.0. The molecule has 0 fully saturated rings. The first-order chi connectivity index (χ1) is 15.3. The van der Waals surface area contributed by atoms with Gasteiger partial charge in [-0.2, -0.15) is 5.10 Å². The van der Waals surface area contributed by atoms with E-state index in [1.165, 1.54) is 0 Å². The molecule has 0 aliphatic carbocycles. The van der Waals surface area contributed by atoms with Gasteiger partial charge in [0.2, 0.25) is 5.91 Å². The number of carbonyl (C=O) groups is 1. The standard InChI is InChI=1S/C24H29N5O3/c1-14-11-15(2)26-24(25-14)29-18(5)20(17(4)28-29)13-23(30)27-16(3)19-7-8-21-22(12-19)32-10-6-9-31-21/h7-8,11-12,16H,6,9-10,13H2,1-5H3,(H,27,30). The van der Waals surface area contributed by atoms with Crippen LogP contribution in [0, 0.1) is 27.7 Å². The fourth-order valence-electron chi connectivity index (χ4n) is 3.91. The zero-order valence-electron chi connectivity index (χ0n) is 19.2. The van der Waals surface area contributed by atoms with Crippen molar-refractivity contribution in [3.8, 4) is 17.4 Å². The van der Waals surface area contributed by atoms with Gasteiger partial charge in [0.15, 0.2) is 11.5 Å². The lowest BCUT2D eigenvalue weighted by atomic mass is 10.1. The fourth-order valence-corrected chi connectivity index (χ4v) is 3.91. The van der Waals surface area contributed by atoms with Crippen LogP contribution in [0.15, 0.2) is 24.3 Å². The summed E-state index contributed by atoms with van der Waals surface area (Å²) >= 11 is 0. The van der Waals surface area contributed by atoms with E-state index in [0.717, 1.165) is 51.8 Å². The average molecular weight is 436 g/mol. The van der Waals surface area contributed by atoms with Gasteiger partial charge in [-0.25, -0.2) is 14.6 Å². The minimum atomic E-state index is -0.168. The molecule has 2 aromatic heterocycles. The van der Waals surface area contributed by atoms with E-state index in [1.807, 2.05) is 58.9 Å². The van der Waals surface area contributed by atoms with Crippen LogP contribution in [0.3, 0.4) is 0 Å². The molecular weight excluding hydrogens is 406 g/mol. The number of nitrogens with zero attached hydrogens (tertiary/aromatic N) is 4. The Morgan fingerprint density at radius 3 is 2.47 bits per heavy atom. The highest BCUT2D eigenvalue weighted by Gasteiger charge is 2.20. The summed E-state index contributed by atoms with van der Waals surface area (Å²) in [6.45, 7) is 10.9. The first-order valence-corrected chi connectivity index (χ1v) is 10.9. The third-order valence-electron chi connectivity index (χ3n) is 5.59. The molecule has 1 unspecified atom stereocenters. The molecule has 0 spiro atoms. The maximum Gasteiger partial charge on any atom is 0.251 e. The molecule has 1 aliphatic rings. The van der Waals surface area contributed by atoms with Crippen LogP contribution in [0.4, 0.5) is 0 Å². The van der Waals surface area contributed by atoms with Crippen LogP contribution < -0.4 is 14.8 Å². The summed E-state index contributed by atoms with van der Waals surface area (Å²) in [5.41, 5.74) is 5.27. The van der Waals surface area contributed by atoms with Crippen molar-refractivity contribution in [3.05, 3.63) is 58.2 Å². The van der Waals surface area contributed by atoms with Gasteiger partial charge in [-0.05, 0) is 58.4 Å². The van der Waals surface area contributed by atoms with Gasteiger partial charge in [0.05, 0.1) is 31.4 Å². The molecule has 168 valence electrons. The number of ether oxygens (including phenoxy) is 2. The fraction of sp³-hybridized carbons (Fsp3) is 0.417. The monoisotopic (exact) mass is 435 g/mol.